The van der Waals surface area contributed by atoms with E-state index in [1.807, 2.05) is 25.1 Å². The van der Waals surface area contributed by atoms with Crippen LogP contribution in [0.15, 0.2) is 24.3 Å². The van der Waals surface area contributed by atoms with E-state index in [-0.39, 0.29) is 6.17 Å². The molecule has 8 nitrogen and oxygen atoms in total. The average Bonchev–Trinajstić information content (AvgIpc) is 3.10. The van der Waals surface area contributed by atoms with Crippen LogP contribution in [-0.4, -0.2) is 34.1 Å². The second-order valence-electron chi connectivity index (χ2n) is 5.06. The van der Waals surface area contributed by atoms with E-state index in [2.05, 4.69) is 15.6 Å². The van der Waals surface area contributed by atoms with Crippen LogP contribution in [0, 0.1) is 6.92 Å². The summed E-state index contributed by atoms with van der Waals surface area (Å²) in [5, 5.41) is 4.42. The number of hydrogen-bond donors (Lipinski definition) is 1. The molecule has 1 saturated heterocycles. The lowest BCUT2D eigenvalue weighted by Gasteiger charge is -2.19. The van der Waals surface area contributed by atoms with Crippen molar-refractivity contribution in [3.8, 4) is 17.1 Å². The molecule has 0 saturated carbocycles. The first-order valence-electron chi connectivity index (χ1n) is 6.72. The Bertz CT molecular complexity index is 798. The number of rotatable bonds is 2. The number of methoxy groups -OCH3 is 1. The van der Waals surface area contributed by atoms with Gasteiger partial charge in [0.25, 0.3) is 0 Å². The van der Waals surface area contributed by atoms with Gasteiger partial charge in [0.1, 0.15) is 11.9 Å². The molecule has 1 aromatic carbocycles. The second kappa shape index (κ2) is 4.57. The Morgan fingerprint density at radius 3 is 3.05 bits per heavy atom. The summed E-state index contributed by atoms with van der Waals surface area (Å²) in [5.74, 6) is 1.67. The van der Waals surface area contributed by atoms with Gasteiger partial charge < -0.3 is 9.57 Å². The fourth-order valence-electron chi connectivity index (χ4n) is 2.52. The molecule has 0 radical (unpaired) electrons. The molecule has 1 atom stereocenters. The molecule has 4 rings (SSSR count). The number of ether oxygens (including phenoxy) is 1. The van der Waals surface area contributed by atoms with Crippen LogP contribution in [0.25, 0.3) is 17.6 Å². The number of hydroxylamine groups is 1. The average molecular weight is 299 g/mol. The van der Waals surface area contributed by atoms with Gasteiger partial charge in [0.2, 0.25) is 5.95 Å². The van der Waals surface area contributed by atoms with Gasteiger partial charge in [-0.2, -0.15) is 4.98 Å². The lowest BCUT2D eigenvalue weighted by atomic mass is 10.1. The minimum atomic E-state index is -0.503. The molecule has 1 N–H and O–H groups in total. The summed E-state index contributed by atoms with van der Waals surface area (Å²) in [6.45, 7) is 1.97. The number of fused-ring (bicyclic) bond motifs is 3. The summed E-state index contributed by atoms with van der Waals surface area (Å²) < 4.78 is 6.83. The zero-order valence-corrected chi connectivity index (χ0v) is 12.0. The zero-order valence-electron chi connectivity index (χ0n) is 12.0. The Balaban J connectivity index is 1.80. The predicted molar refractivity (Wildman–Crippen MR) is 78.0 cm³/mol. The van der Waals surface area contributed by atoms with Gasteiger partial charge in [-0.25, -0.2) is 14.4 Å². The van der Waals surface area contributed by atoms with E-state index in [4.69, 9.17) is 9.57 Å². The number of aryl methyl sites for hydroxylation is 1. The van der Waals surface area contributed by atoms with Crippen molar-refractivity contribution in [3.05, 3.63) is 29.8 Å². The number of nitrogens with one attached hydrogen (secondary N) is 1. The monoisotopic (exact) mass is 299 g/mol. The van der Waals surface area contributed by atoms with Crippen LogP contribution in [-0.2, 0) is 4.84 Å². The zero-order chi connectivity index (χ0) is 15.3. The molecule has 112 valence electrons. The van der Waals surface area contributed by atoms with Crippen molar-refractivity contribution in [1.82, 2.24) is 20.2 Å². The number of aromatic nitrogens is 3. The maximum Gasteiger partial charge on any atom is 0.437 e. The Morgan fingerprint density at radius 1 is 1.36 bits per heavy atom. The summed E-state index contributed by atoms with van der Waals surface area (Å²) in [5.41, 5.74) is 4.48. The maximum absolute atomic E-state index is 11.8. The van der Waals surface area contributed by atoms with Gasteiger partial charge in [-0.15, -0.1) is 10.6 Å². The van der Waals surface area contributed by atoms with Gasteiger partial charge in [0.05, 0.1) is 7.11 Å². The lowest BCUT2D eigenvalue weighted by Crippen LogP contribution is -2.39. The van der Waals surface area contributed by atoms with Crippen LogP contribution in [0.2, 0.25) is 0 Å². The van der Waals surface area contributed by atoms with Gasteiger partial charge in [-0.3, -0.25) is 0 Å². The number of amides is 1. The SMILES string of the molecule is COc1cc(C)cc(-c2nc3n(n2)C=CC2NOC(=O)N32)c1. The summed E-state index contributed by atoms with van der Waals surface area (Å²) in [7, 11) is 1.61. The first-order chi connectivity index (χ1) is 10.7. The van der Waals surface area contributed by atoms with Crippen LogP contribution in [0.4, 0.5) is 10.7 Å². The number of hydrogen-bond acceptors (Lipinski definition) is 6. The lowest BCUT2D eigenvalue weighted by molar-refractivity contribution is 0.127. The molecule has 2 aromatic rings. The van der Waals surface area contributed by atoms with E-state index >= 15 is 0 Å². The number of benzene rings is 1. The van der Waals surface area contributed by atoms with E-state index in [0.717, 1.165) is 16.9 Å². The van der Waals surface area contributed by atoms with Crippen molar-refractivity contribution in [2.75, 3.05) is 12.0 Å². The third kappa shape index (κ3) is 1.85. The fourth-order valence-corrected chi connectivity index (χ4v) is 2.52. The fraction of sp³-hybridized carbons (Fsp3) is 0.214. The smallest absolute Gasteiger partial charge is 0.437 e. The van der Waals surface area contributed by atoms with Crippen molar-refractivity contribution in [2.24, 2.45) is 0 Å². The highest BCUT2D eigenvalue weighted by Crippen LogP contribution is 2.29. The Kier molecular flexibility index (Phi) is 2.67. The summed E-state index contributed by atoms with van der Waals surface area (Å²) in [6, 6.07) is 5.75. The molecule has 2 aliphatic heterocycles. The quantitative estimate of drug-likeness (QED) is 0.905. The van der Waals surface area contributed by atoms with Crippen molar-refractivity contribution < 1.29 is 14.4 Å². The van der Waals surface area contributed by atoms with E-state index in [9.17, 15) is 4.79 Å². The molecule has 0 spiro atoms. The van der Waals surface area contributed by atoms with Crippen molar-refractivity contribution in [3.63, 3.8) is 0 Å². The maximum atomic E-state index is 11.8. The summed E-state index contributed by atoms with van der Waals surface area (Å²) in [4.78, 5) is 22.5. The van der Waals surface area contributed by atoms with Crippen molar-refractivity contribution >= 4 is 18.2 Å². The van der Waals surface area contributed by atoms with Crippen molar-refractivity contribution in [1.29, 1.82) is 0 Å². The van der Waals surface area contributed by atoms with Gasteiger partial charge in [-0.1, -0.05) is 0 Å². The van der Waals surface area contributed by atoms with Crippen LogP contribution in [0.3, 0.4) is 0 Å². The van der Waals surface area contributed by atoms with Crippen LogP contribution >= 0.6 is 0 Å². The molecule has 1 fully saturated rings. The molecule has 0 bridgehead atoms. The number of anilines is 1. The second-order valence-corrected chi connectivity index (χ2v) is 5.06. The highest BCUT2D eigenvalue weighted by atomic mass is 16.7. The highest BCUT2D eigenvalue weighted by molar-refractivity contribution is 5.89. The highest BCUT2D eigenvalue weighted by Gasteiger charge is 2.38. The van der Waals surface area contributed by atoms with E-state index < -0.39 is 6.09 Å². The molecule has 8 heteroatoms. The molecule has 1 amide bonds. The largest absolute Gasteiger partial charge is 0.497 e. The normalized spacial score (nSPS) is 18.9. The van der Waals surface area contributed by atoms with E-state index in [0.29, 0.717) is 11.8 Å². The summed E-state index contributed by atoms with van der Waals surface area (Å²) in [6.07, 6.45) is 2.66. The Morgan fingerprint density at radius 2 is 2.23 bits per heavy atom. The predicted octanol–water partition coefficient (Wildman–Crippen LogP) is 1.53. The van der Waals surface area contributed by atoms with Crippen molar-refractivity contribution in [2.45, 2.75) is 13.1 Å². The van der Waals surface area contributed by atoms with Crippen LogP contribution in [0.1, 0.15) is 5.56 Å². The van der Waals surface area contributed by atoms with Gasteiger partial charge in [0, 0.05) is 11.8 Å². The first-order valence-corrected chi connectivity index (χ1v) is 6.72. The third-order valence-corrected chi connectivity index (χ3v) is 3.52. The molecule has 0 aliphatic carbocycles. The standard InChI is InChI=1S/C14H13N5O3/c1-8-5-9(7-10(6-8)21-2)12-15-13-18(16-12)4-3-11-17-22-14(20)19(11)13/h3-7,11,17H,1-2H3. The molecule has 22 heavy (non-hydrogen) atoms. The molecular weight excluding hydrogens is 286 g/mol. The molecule has 1 unspecified atom stereocenters. The van der Waals surface area contributed by atoms with E-state index in [1.54, 1.807) is 24.1 Å². The van der Waals surface area contributed by atoms with Crippen LogP contribution in [0.5, 0.6) is 5.75 Å². The number of carbonyl (C=O) groups excluding carboxylic acids is 1. The number of carbonyl (C=O) groups is 1. The van der Waals surface area contributed by atoms with E-state index in [1.165, 1.54) is 4.90 Å². The third-order valence-electron chi connectivity index (χ3n) is 3.52. The minimum Gasteiger partial charge on any atom is -0.497 e. The topological polar surface area (TPSA) is 81.5 Å². The van der Waals surface area contributed by atoms with Gasteiger partial charge in [0.15, 0.2) is 5.82 Å². The minimum absolute atomic E-state index is 0.357. The molecular formula is C14H13N5O3. The van der Waals surface area contributed by atoms with Gasteiger partial charge in [-0.05, 0) is 36.8 Å². The Hall–Kier alpha value is -2.87. The van der Waals surface area contributed by atoms with Crippen LogP contribution < -0.4 is 15.1 Å². The molecule has 3 heterocycles. The van der Waals surface area contributed by atoms with Gasteiger partial charge >= 0.3 is 6.09 Å². The number of nitrogens with zero attached hydrogens (tertiary/aromatic N) is 4. The summed E-state index contributed by atoms with van der Waals surface area (Å²) >= 11 is 0. The Labute approximate surface area is 125 Å². The molecule has 2 aliphatic rings. The molecule has 1 aromatic heterocycles. The first kappa shape index (κ1) is 12.8.